The number of rotatable bonds is 4. The molecule has 2 unspecified atom stereocenters. The summed E-state index contributed by atoms with van der Waals surface area (Å²) in [7, 11) is 4.17. The number of amides is 1. The third-order valence-electron chi connectivity index (χ3n) is 5.98. The summed E-state index contributed by atoms with van der Waals surface area (Å²) in [5, 5.41) is 3.13. The molecular weight excluding hydrogens is 449 g/mol. The van der Waals surface area contributed by atoms with E-state index in [0.717, 1.165) is 25.8 Å². The standard InChI is InChI=1S/C14H28N2O.C8H17BO2.C3H8.C2H7N.C2H6/c1-14(2,3)15-13(17)12-9-7-6-8-11(12)10-16(4)5;1-6-9-10-7(2,3)8(4,5)11-9;1-3-2;1-2-3;1-2/h11-12H,6-10H2,1-5H3,(H,15,17);6H2,1-5H3;3H2,1-2H3;2-3H2,1H3;1-2H3. The molecule has 2 aliphatic rings. The van der Waals surface area contributed by atoms with Crippen molar-refractivity contribution in [2.75, 3.05) is 27.2 Å². The molecule has 0 radical (unpaired) electrons. The molecule has 3 N–H and O–H groups in total. The molecule has 2 atom stereocenters. The van der Waals surface area contributed by atoms with Crippen molar-refractivity contribution in [1.82, 2.24) is 10.2 Å². The number of carbonyl (C=O) groups excluding carboxylic acids is 1. The quantitative estimate of drug-likeness (QED) is 0.404. The topological polar surface area (TPSA) is 76.8 Å². The minimum Gasteiger partial charge on any atom is -0.403 e. The molecule has 7 heteroatoms. The van der Waals surface area contributed by atoms with Crippen molar-refractivity contribution in [2.45, 2.75) is 145 Å². The Bertz CT molecular complexity index is 516. The summed E-state index contributed by atoms with van der Waals surface area (Å²) in [6.45, 7) is 28.4. The van der Waals surface area contributed by atoms with Gasteiger partial charge in [-0.05, 0) is 94.2 Å². The van der Waals surface area contributed by atoms with Gasteiger partial charge in [0.15, 0.2) is 0 Å². The molecule has 2 fully saturated rings. The average Bonchev–Trinajstić information content (AvgIpc) is 2.96. The van der Waals surface area contributed by atoms with Crippen molar-refractivity contribution < 1.29 is 14.1 Å². The maximum absolute atomic E-state index is 12.3. The molecule has 0 aromatic heterocycles. The highest BCUT2D eigenvalue weighted by atomic mass is 16.7. The average molecular weight is 516 g/mol. The number of nitrogens with two attached hydrogens (primary N) is 1. The van der Waals surface area contributed by atoms with Crippen LogP contribution in [-0.2, 0) is 14.1 Å². The highest BCUT2D eigenvalue weighted by molar-refractivity contribution is 6.45. The zero-order valence-electron chi connectivity index (χ0n) is 27.1. The summed E-state index contributed by atoms with van der Waals surface area (Å²) < 4.78 is 11.4. The predicted molar refractivity (Wildman–Crippen MR) is 161 cm³/mol. The SMILES string of the molecule is CC.CCB1OC(C)(C)C(C)(C)O1.CCC.CCN.CN(C)CC1CCCCC1C(=O)NC(C)(C)C. The van der Waals surface area contributed by atoms with Gasteiger partial charge in [0.05, 0.1) is 11.2 Å². The molecule has 0 aromatic rings. The monoisotopic (exact) mass is 516 g/mol. The van der Waals surface area contributed by atoms with E-state index in [9.17, 15) is 4.79 Å². The third-order valence-corrected chi connectivity index (χ3v) is 5.98. The molecule has 6 nitrogen and oxygen atoms in total. The predicted octanol–water partition coefficient (Wildman–Crippen LogP) is 6.78. The van der Waals surface area contributed by atoms with E-state index in [2.05, 4.69) is 93.5 Å². The van der Waals surface area contributed by atoms with E-state index < -0.39 is 0 Å². The fourth-order valence-electron chi connectivity index (χ4n) is 3.83. The van der Waals surface area contributed by atoms with Gasteiger partial charge in [-0.1, -0.05) is 60.8 Å². The molecule has 1 saturated carbocycles. The Labute approximate surface area is 227 Å². The van der Waals surface area contributed by atoms with Crippen LogP contribution in [0.3, 0.4) is 0 Å². The van der Waals surface area contributed by atoms with Gasteiger partial charge in [-0.2, -0.15) is 0 Å². The molecule has 36 heavy (non-hydrogen) atoms. The van der Waals surface area contributed by atoms with Crippen LogP contribution in [0.4, 0.5) is 0 Å². The van der Waals surface area contributed by atoms with E-state index in [1.807, 2.05) is 20.8 Å². The van der Waals surface area contributed by atoms with Crippen LogP contribution in [0, 0.1) is 11.8 Å². The van der Waals surface area contributed by atoms with Gasteiger partial charge in [0.2, 0.25) is 5.91 Å². The van der Waals surface area contributed by atoms with Gasteiger partial charge in [-0.25, -0.2) is 0 Å². The number of nitrogens with zero attached hydrogens (tertiary/aromatic N) is 1. The van der Waals surface area contributed by atoms with Crippen LogP contribution in [0.2, 0.25) is 6.32 Å². The Balaban J connectivity index is -0.000000490. The molecule has 0 bridgehead atoms. The summed E-state index contributed by atoms with van der Waals surface area (Å²) in [6, 6.07) is 0. The molecule has 0 aromatic carbocycles. The second-order valence-electron chi connectivity index (χ2n) is 11.9. The largest absolute Gasteiger partial charge is 0.457 e. The van der Waals surface area contributed by atoms with Gasteiger partial charge in [-0.3, -0.25) is 4.79 Å². The lowest BCUT2D eigenvalue weighted by Gasteiger charge is -2.34. The van der Waals surface area contributed by atoms with E-state index in [1.54, 1.807) is 0 Å². The Morgan fingerprint density at radius 3 is 1.67 bits per heavy atom. The molecule has 218 valence electrons. The van der Waals surface area contributed by atoms with Crippen LogP contribution >= 0.6 is 0 Å². The molecule has 2 rings (SSSR count). The van der Waals surface area contributed by atoms with Crippen LogP contribution in [0.1, 0.15) is 122 Å². The van der Waals surface area contributed by atoms with Crippen molar-refractivity contribution in [3.63, 3.8) is 0 Å². The maximum atomic E-state index is 12.3. The van der Waals surface area contributed by atoms with E-state index >= 15 is 0 Å². The number of carbonyl (C=O) groups is 1. The summed E-state index contributed by atoms with van der Waals surface area (Å²) >= 11 is 0. The Morgan fingerprint density at radius 1 is 0.972 bits per heavy atom. The maximum Gasteiger partial charge on any atom is 0.457 e. The van der Waals surface area contributed by atoms with Gasteiger partial charge < -0.3 is 25.3 Å². The van der Waals surface area contributed by atoms with Crippen LogP contribution in [0.25, 0.3) is 0 Å². The fraction of sp³-hybridized carbons (Fsp3) is 0.966. The van der Waals surface area contributed by atoms with Crippen LogP contribution in [0.15, 0.2) is 0 Å². The van der Waals surface area contributed by atoms with E-state index in [-0.39, 0.29) is 35.7 Å². The number of nitrogens with one attached hydrogen (secondary N) is 1. The lowest BCUT2D eigenvalue weighted by molar-refractivity contribution is -0.129. The first-order chi connectivity index (χ1) is 16.5. The van der Waals surface area contributed by atoms with Crippen LogP contribution in [-0.4, -0.2) is 61.9 Å². The number of hydrogen-bond acceptors (Lipinski definition) is 5. The molecule has 1 aliphatic carbocycles. The van der Waals surface area contributed by atoms with Crippen molar-refractivity contribution >= 4 is 13.0 Å². The highest BCUT2D eigenvalue weighted by Crippen LogP contribution is 2.37. The van der Waals surface area contributed by atoms with Crippen molar-refractivity contribution in [3.05, 3.63) is 0 Å². The van der Waals surface area contributed by atoms with Crippen molar-refractivity contribution in [2.24, 2.45) is 17.6 Å². The molecule has 1 saturated heterocycles. The second-order valence-corrected chi connectivity index (χ2v) is 11.9. The summed E-state index contributed by atoms with van der Waals surface area (Å²) in [5.41, 5.74) is 4.42. The fourth-order valence-corrected chi connectivity index (χ4v) is 3.83. The molecule has 0 spiro atoms. The zero-order valence-corrected chi connectivity index (χ0v) is 27.1. The second kappa shape index (κ2) is 20.4. The van der Waals surface area contributed by atoms with Crippen LogP contribution < -0.4 is 11.1 Å². The van der Waals surface area contributed by atoms with E-state index in [0.29, 0.717) is 5.92 Å². The molecule has 1 heterocycles. The Kier molecular flexibility index (Phi) is 22.5. The first-order valence-corrected chi connectivity index (χ1v) is 14.5. The molecule has 1 amide bonds. The van der Waals surface area contributed by atoms with E-state index in [4.69, 9.17) is 15.0 Å². The summed E-state index contributed by atoms with van der Waals surface area (Å²) in [4.78, 5) is 14.5. The van der Waals surface area contributed by atoms with Crippen molar-refractivity contribution in [1.29, 1.82) is 0 Å². The first-order valence-electron chi connectivity index (χ1n) is 14.5. The minimum absolute atomic E-state index is 0.0139. The molecule has 1 aliphatic heterocycles. The van der Waals surface area contributed by atoms with Crippen LogP contribution in [0.5, 0.6) is 0 Å². The Hall–Kier alpha value is -0.625. The minimum atomic E-state index is -0.159. The van der Waals surface area contributed by atoms with Crippen molar-refractivity contribution in [3.8, 4) is 0 Å². The summed E-state index contributed by atoms with van der Waals surface area (Å²) in [6.07, 6.45) is 6.90. The lowest BCUT2D eigenvalue weighted by atomic mass is 9.78. The summed E-state index contributed by atoms with van der Waals surface area (Å²) in [5.74, 6) is 0.996. The normalized spacial score (nSPS) is 21.9. The van der Waals surface area contributed by atoms with Gasteiger partial charge in [0, 0.05) is 18.0 Å². The van der Waals surface area contributed by atoms with Gasteiger partial charge in [0.25, 0.3) is 0 Å². The van der Waals surface area contributed by atoms with Gasteiger partial charge >= 0.3 is 7.12 Å². The first kappa shape index (κ1) is 39.9. The molecular formula is C29H66BN3O3. The lowest BCUT2D eigenvalue weighted by Crippen LogP contribution is -2.47. The number of hydrogen-bond donors (Lipinski definition) is 2. The van der Waals surface area contributed by atoms with Gasteiger partial charge in [-0.15, -0.1) is 0 Å². The Morgan fingerprint density at radius 2 is 1.36 bits per heavy atom. The van der Waals surface area contributed by atoms with Gasteiger partial charge in [0.1, 0.15) is 0 Å². The highest BCUT2D eigenvalue weighted by Gasteiger charge is 2.50. The smallest absolute Gasteiger partial charge is 0.403 e. The van der Waals surface area contributed by atoms with E-state index in [1.165, 1.54) is 25.7 Å². The third kappa shape index (κ3) is 17.8. The zero-order chi connectivity index (χ0) is 29.2.